The normalized spacial score (nSPS) is 10.6. The average Bonchev–Trinajstić information content (AvgIpc) is 3.42. The molecular formula is C24H23N3O4. The Kier molecular flexibility index (Phi) is 6.03. The molecule has 0 spiro atoms. The maximum Gasteiger partial charge on any atom is 0.291 e. The molecule has 4 aromatic rings. The molecule has 158 valence electrons. The summed E-state index contributed by atoms with van der Waals surface area (Å²) in [7, 11) is 1.61. The SMILES string of the molecule is COc1ccc(OCc2ccc(C(=O)Nc3cnn(Cc4cccc(C)c4)c3)o2)cc1. The molecule has 0 aliphatic heterocycles. The first-order valence-electron chi connectivity index (χ1n) is 9.84. The van der Waals surface area contributed by atoms with Gasteiger partial charge in [-0.15, -0.1) is 0 Å². The molecule has 2 aromatic carbocycles. The van der Waals surface area contributed by atoms with Crippen LogP contribution in [0.15, 0.2) is 77.5 Å². The number of nitrogens with one attached hydrogen (secondary N) is 1. The smallest absolute Gasteiger partial charge is 0.291 e. The minimum absolute atomic E-state index is 0.208. The van der Waals surface area contributed by atoms with Crippen LogP contribution < -0.4 is 14.8 Å². The highest BCUT2D eigenvalue weighted by Crippen LogP contribution is 2.19. The van der Waals surface area contributed by atoms with Gasteiger partial charge in [0, 0.05) is 6.20 Å². The van der Waals surface area contributed by atoms with Crippen molar-refractivity contribution in [3.63, 3.8) is 0 Å². The van der Waals surface area contributed by atoms with Gasteiger partial charge >= 0.3 is 0 Å². The fraction of sp³-hybridized carbons (Fsp3) is 0.167. The van der Waals surface area contributed by atoms with Crippen LogP contribution in [-0.4, -0.2) is 22.8 Å². The lowest BCUT2D eigenvalue weighted by Gasteiger charge is -2.05. The van der Waals surface area contributed by atoms with Crippen LogP contribution in [0.25, 0.3) is 0 Å². The van der Waals surface area contributed by atoms with Crippen LogP contribution in [0.3, 0.4) is 0 Å². The third kappa shape index (κ3) is 5.33. The first-order chi connectivity index (χ1) is 15.1. The van der Waals surface area contributed by atoms with Crippen molar-refractivity contribution < 1.29 is 18.7 Å². The van der Waals surface area contributed by atoms with Crippen LogP contribution >= 0.6 is 0 Å². The standard InChI is InChI=1S/C24H23N3O4/c1-17-4-3-5-18(12-17)14-27-15-19(13-25-27)26-24(28)23-11-10-22(31-23)16-30-21-8-6-20(29-2)7-9-21/h3-13,15H,14,16H2,1-2H3,(H,26,28). The van der Waals surface area contributed by atoms with Crippen LogP contribution in [0.1, 0.15) is 27.4 Å². The molecule has 1 N–H and O–H groups in total. The first kappa shape index (κ1) is 20.3. The van der Waals surface area contributed by atoms with Gasteiger partial charge in [0.15, 0.2) is 5.76 Å². The van der Waals surface area contributed by atoms with E-state index in [4.69, 9.17) is 13.9 Å². The molecule has 0 saturated carbocycles. The van der Waals surface area contributed by atoms with Crippen molar-refractivity contribution in [2.45, 2.75) is 20.1 Å². The lowest BCUT2D eigenvalue weighted by molar-refractivity contribution is 0.0992. The minimum atomic E-state index is -0.342. The van der Waals surface area contributed by atoms with E-state index in [0.29, 0.717) is 23.7 Å². The van der Waals surface area contributed by atoms with Gasteiger partial charge in [-0.1, -0.05) is 29.8 Å². The molecule has 0 saturated heterocycles. The van der Waals surface area contributed by atoms with Gasteiger partial charge in [-0.3, -0.25) is 9.48 Å². The quantitative estimate of drug-likeness (QED) is 0.451. The summed E-state index contributed by atoms with van der Waals surface area (Å²) >= 11 is 0. The van der Waals surface area contributed by atoms with E-state index >= 15 is 0 Å². The van der Waals surface area contributed by atoms with Crippen LogP contribution in [0.2, 0.25) is 0 Å². The summed E-state index contributed by atoms with van der Waals surface area (Å²) < 4.78 is 18.2. The lowest BCUT2D eigenvalue weighted by atomic mass is 10.1. The Labute approximate surface area is 180 Å². The van der Waals surface area contributed by atoms with Crippen molar-refractivity contribution in [3.05, 3.63) is 95.7 Å². The Morgan fingerprint density at radius 3 is 2.68 bits per heavy atom. The van der Waals surface area contributed by atoms with Gasteiger partial charge in [-0.2, -0.15) is 5.10 Å². The van der Waals surface area contributed by atoms with Crippen molar-refractivity contribution >= 4 is 11.6 Å². The number of aromatic nitrogens is 2. The molecule has 0 unspecified atom stereocenters. The van der Waals surface area contributed by atoms with Gasteiger partial charge in [-0.05, 0) is 48.9 Å². The minimum Gasteiger partial charge on any atom is -0.497 e. The zero-order valence-electron chi connectivity index (χ0n) is 17.4. The van der Waals surface area contributed by atoms with Gasteiger partial charge in [0.1, 0.15) is 23.9 Å². The Hall–Kier alpha value is -4.00. The Bertz CT molecular complexity index is 1160. The number of hydrogen-bond donors (Lipinski definition) is 1. The summed E-state index contributed by atoms with van der Waals surface area (Å²) in [6, 6.07) is 18.8. The number of furan rings is 1. The van der Waals surface area contributed by atoms with Crippen molar-refractivity contribution in [2.24, 2.45) is 0 Å². The van der Waals surface area contributed by atoms with Crippen molar-refractivity contribution in [1.82, 2.24) is 9.78 Å². The second-order valence-corrected chi connectivity index (χ2v) is 7.10. The maximum absolute atomic E-state index is 12.5. The molecular weight excluding hydrogens is 394 g/mol. The Balaban J connectivity index is 1.32. The van der Waals surface area contributed by atoms with Gasteiger partial charge in [0.25, 0.3) is 5.91 Å². The summed E-state index contributed by atoms with van der Waals surface area (Å²) in [6.45, 7) is 2.90. The van der Waals surface area contributed by atoms with Crippen molar-refractivity contribution in [1.29, 1.82) is 0 Å². The number of carbonyl (C=O) groups excluding carboxylic acids is 1. The highest BCUT2D eigenvalue weighted by Gasteiger charge is 2.13. The summed E-state index contributed by atoms with van der Waals surface area (Å²) in [6.07, 6.45) is 3.40. The number of aryl methyl sites for hydroxylation is 1. The van der Waals surface area contributed by atoms with E-state index in [2.05, 4.69) is 29.5 Å². The summed E-state index contributed by atoms with van der Waals surface area (Å²) in [4.78, 5) is 12.5. The second kappa shape index (κ2) is 9.21. The average molecular weight is 417 g/mol. The molecule has 0 bridgehead atoms. The maximum atomic E-state index is 12.5. The molecule has 4 rings (SSSR count). The fourth-order valence-corrected chi connectivity index (χ4v) is 3.11. The van der Waals surface area contributed by atoms with Crippen LogP contribution in [0.5, 0.6) is 11.5 Å². The number of hydrogen-bond acceptors (Lipinski definition) is 5. The highest BCUT2D eigenvalue weighted by molar-refractivity contribution is 6.02. The topological polar surface area (TPSA) is 78.5 Å². The molecule has 0 radical (unpaired) electrons. The molecule has 31 heavy (non-hydrogen) atoms. The molecule has 0 atom stereocenters. The lowest BCUT2D eigenvalue weighted by Crippen LogP contribution is -2.10. The third-order valence-electron chi connectivity index (χ3n) is 4.64. The zero-order chi connectivity index (χ0) is 21.6. The number of amides is 1. The monoisotopic (exact) mass is 417 g/mol. The molecule has 0 fully saturated rings. The van der Waals surface area contributed by atoms with E-state index < -0.39 is 0 Å². The van der Waals surface area contributed by atoms with E-state index in [1.54, 1.807) is 36.3 Å². The van der Waals surface area contributed by atoms with Crippen LogP contribution in [0, 0.1) is 6.92 Å². The van der Waals surface area contributed by atoms with Gasteiger partial charge in [-0.25, -0.2) is 0 Å². The number of benzene rings is 2. The predicted octanol–water partition coefficient (Wildman–Crippen LogP) is 4.67. The van der Waals surface area contributed by atoms with Crippen LogP contribution in [-0.2, 0) is 13.2 Å². The molecule has 1 amide bonds. The first-order valence-corrected chi connectivity index (χ1v) is 9.84. The van der Waals surface area contributed by atoms with Gasteiger partial charge in [0.05, 0.1) is 25.5 Å². The Morgan fingerprint density at radius 2 is 1.90 bits per heavy atom. The summed E-state index contributed by atoms with van der Waals surface area (Å²) in [5.74, 6) is 1.86. The van der Waals surface area contributed by atoms with Crippen LogP contribution in [0.4, 0.5) is 5.69 Å². The number of anilines is 1. The van der Waals surface area contributed by atoms with E-state index in [-0.39, 0.29) is 18.3 Å². The molecule has 7 heteroatoms. The van der Waals surface area contributed by atoms with E-state index in [9.17, 15) is 4.79 Å². The van der Waals surface area contributed by atoms with E-state index in [1.165, 1.54) is 5.56 Å². The predicted molar refractivity (Wildman–Crippen MR) is 116 cm³/mol. The molecule has 0 aliphatic rings. The second-order valence-electron chi connectivity index (χ2n) is 7.10. The third-order valence-corrected chi connectivity index (χ3v) is 4.64. The molecule has 2 aromatic heterocycles. The summed E-state index contributed by atoms with van der Waals surface area (Å²) in [5, 5.41) is 7.12. The van der Waals surface area contributed by atoms with E-state index in [1.807, 2.05) is 36.4 Å². The van der Waals surface area contributed by atoms with Crippen molar-refractivity contribution in [2.75, 3.05) is 12.4 Å². The number of rotatable bonds is 8. The van der Waals surface area contributed by atoms with E-state index in [0.717, 1.165) is 11.3 Å². The summed E-state index contributed by atoms with van der Waals surface area (Å²) in [5.41, 5.74) is 2.95. The largest absolute Gasteiger partial charge is 0.497 e. The van der Waals surface area contributed by atoms with Gasteiger partial charge < -0.3 is 19.2 Å². The number of ether oxygens (including phenoxy) is 2. The zero-order valence-corrected chi connectivity index (χ0v) is 17.4. The van der Waals surface area contributed by atoms with Crippen molar-refractivity contribution in [3.8, 4) is 11.5 Å². The number of methoxy groups -OCH3 is 1. The number of carbonyl (C=O) groups is 1. The van der Waals surface area contributed by atoms with Gasteiger partial charge in [0.2, 0.25) is 0 Å². The number of nitrogens with zero attached hydrogens (tertiary/aromatic N) is 2. The Morgan fingerprint density at radius 1 is 1.10 bits per heavy atom. The fourth-order valence-electron chi connectivity index (χ4n) is 3.11. The molecule has 2 heterocycles. The molecule has 0 aliphatic carbocycles. The molecule has 7 nitrogen and oxygen atoms in total. The highest BCUT2D eigenvalue weighted by atomic mass is 16.5.